The van der Waals surface area contributed by atoms with Crippen LogP contribution in [0.25, 0.3) is 10.9 Å². The van der Waals surface area contributed by atoms with Gasteiger partial charge in [0.25, 0.3) is 5.91 Å². The normalized spacial score (nSPS) is 13.2. The molecule has 0 saturated heterocycles. The minimum atomic E-state index is 0.0164. The number of carbonyl (C=O) groups excluding carboxylic acids is 1. The molecule has 0 saturated carbocycles. The number of pyridine rings is 1. The quantitative estimate of drug-likeness (QED) is 0.722. The Labute approximate surface area is 140 Å². The van der Waals surface area contributed by atoms with Crippen molar-refractivity contribution < 1.29 is 9.53 Å². The third kappa shape index (κ3) is 2.31. The fourth-order valence-electron chi connectivity index (χ4n) is 3.28. The SMILES string of the molecule is COc1ccc2cc(C(=O)N3CCc4ccccc43)c(C)nc2c1. The molecule has 0 N–H and O–H groups in total. The first-order valence-corrected chi connectivity index (χ1v) is 8.02. The Kier molecular flexibility index (Phi) is 3.45. The van der Waals surface area contributed by atoms with E-state index in [2.05, 4.69) is 11.1 Å². The van der Waals surface area contributed by atoms with E-state index in [1.54, 1.807) is 7.11 Å². The number of benzene rings is 2. The molecule has 0 atom stereocenters. The molecular formula is C20H18N2O2. The van der Waals surface area contributed by atoms with Crippen LogP contribution in [-0.4, -0.2) is 24.5 Å². The highest BCUT2D eigenvalue weighted by atomic mass is 16.5. The molecule has 24 heavy (non-hydrogen) atoms. The zero-order valence-electron chi connectivity index (χ0n) is 13.7. The number of anilines is 1. The van der Waals surface area contributed by atoms with Gasteiger partial charge >= 0.3 is 0 Å². The van der Waals surface area contributed by atoms with Gasteiger partial charge in [-0.25, -0.2) is 0 Å². The standard InChI is InChI=1S/C20H18N2O2/c1-13-17(11-15-7-8-16(24-2)12-18(15)21-13)20(23)22-10-9-14-5-3-4-6-19(14)22/h3-8,11-12H,9-10H2,1-2H3. The summed E-state index contributed by atoms with van der Waals surface area (Å²) in [6, 6.07) is 15.7. The minimum absolute atomic E-state index is 0.0164. The van der Waals surface area contributed by atoms with Crippen LogP contribution in [0, 0.1) is 6.92 Å². The van der Waals surface area contributed by atoms with E-state index < -0.39 is 0 Å². The average Bonchev–Trinajstić information content (AvgIpc) is 3.04. The van der Waals surface area contributed by atoms with Crippen LogP contribution in [0.1, 0.15) is 21.6 Å². The number of methoxy groups -OCH3 is 1. The molecule has 2 heterocycles. The van der Waals surface area contributed by atoms with Crippen LogP contribution in [0.4, 0.5) is 5.69 Å². The van der Waals surface area contributed by atoms with Gasteiger partial charge in [0.2, 0.25) is 0 Å². The van der Waals surface area contributed by atoms with Crippen LogP contribution >= 0.6 is 0 Å². The maximum Gasteiger partial charge on any atom is 0.260 e. The molecule has 1 aliphatic heterocycles. The lowest BCUT2D eigenvalue weighted by atomic mass is 10.1. The van der Waals surface area contributed by atoms with Gasteiger partial charge in [-0.15, -0.1) is 0 Å². The van der Waals surface area contributed by atoms with Crippen molar-refractivity contribution in [3.8, 4) is 5.75 Å². The molecule has 2 aromatic carbocycles. The average molecular weight is 318 g/mol. The largest absolute Gasteiger partial charge is 0.497 e. The Hall–Kier alpha value is -2.88. The molecule has 1 aromatic heterocycles. The molecular weight excluding hydrogens is 300 g/mol. The van der Waals surface area contributed by atoms with Crippen molar-refractivity contribution in [1.29, 1.82) is 0 Å². The number of carbonyl (C=O) groups is 1. The summed E-state index contributed by atoms with van der Waals surface area (Å²) in [7, 11) is 1.64. The van der Waals surface area contributed by atoms with Gasteiger partial charge in [-0.3, -0.25) is 9.78 Å². The van der Waals surface area contributed by atoms with E-state index in [0.29, 0.717) is 5.56 Å². The molecule has 4 nitrogen and oxygen atoms in total. The highest BCUT2D eigenvalue weighted by molar-refractivity contribution is 6.09. The number of nitrogens with zero attached hydrogens (tertiary/aromatic N) is 2. The first kappa shape index (κ1) is 14.7. The monoisotopic (exact) mass is 318 g/mol. The Bertz CT molecular complexity index is 950. The number of aromatic nitrogens is 1. The van der Waals surface area contributed by atoms with E-state index in [9.17, 15) is 4.79 Å². The molecule has 0 radical (unpaired) electrons. The molecule has 4 rings (SSSR count). The molecule has 0 unspecified atom stereocenters. The van der Waals surface area contributed by atoms with Gasteiger partial charge in [0, 0.05) is 23.7 Å². The fraction of sp³-hybridized carbons (Fsp3) is 0.200. The van der Waals surface area contributed by atoms with E-state index in [1.165, 1.54) is 5.56 Å². The second-order valence-electron chi connectivity index (χ2n) is 6.02. The summed E-state index contributed by atoms with van der Waals surface area (Å²) < 4.78 is 5.25. The van der Waals surface area contributed by atoms with Gasteiger partial charge < -0.3 is 9.64 Å². The number of ether oxygens (including phenoxy) is 1. The number of fused-ring (bicyclic) bond motifs is 2. The van der Waals surface area contributed by atoms with Crippen molar-refractivity contribution >= 4 is 22.5 Å². The first-order chi connectivity index (χ1) is 11.7. The molecule has 0 aliphatic carbocycles. The number of hydrogen-bond donors (Lipinski definition) is 0. The Morgan fingerprint density at radius 1 is 1.17 bits per heavy atom. The van der Waals surface area contributed by atoms with E-state index >= 15 is 0 Å². The molecule has 1 amide bonds. The van der Waals surface area contributed by atoms with E-state index in [0.717, 1.165) is 41.0 Å². The summed E-state index contributed by atoms with van der Waals surface area (Å²) in [5.74, 6) is 0.782. The lowest BCUT2D eigenvalue weighted by molar-refractivity contribution is 0.0988. The van der Waals surface area contributed by atoms with Crippen molar-refractivity contribution in [2.24, 2.45) is 0 Å². The number of hydrogen-bond acceptors (Lipinski definition) is 3. The molecule has 3 aromatic rings. The van der Waals surface area contributed by atoms with Crippen molar-refractivity contribution in [2.45, 2.75) is 13.3 Å². The second-order valence-corrected chi connectivity index (χ2v) is 6.02. The van der Waals surface area contributed by atoms with Crippen molar-refractivity contribution in [1.82, 2.24) is 4.98 Å². The predicted molar refractivity (Wildman–Crippen MR) is 94.9 cm³/mol. The third-order valence-corrected chi connectivity index (χ3v) is 4.58. The van der Waals surface area contributed by atoms with Crippen LogP contribution in [0.2, 0.25) is 0 Å². The van der Waals surface area contributed by atoms with Crippen LogP contribution in [0.3, 0.4) is 0 Å². The lowest BCUT2D eigenvalue weighted by Gasteiger charge is -2.18. The Morgan fingerprint density at radius 2 is 2.00 bits per heavy atom. The van der Waals surface area contributed by atoms with Crippen molar-refractivity contribution in [2.75, 3.05) is 18.6 Å². The molecule has 0 bridgehead atoms. The van der Waals surface area contributed by atoms with Crippen LogP contribution < -0.4 is 9.64 Å². The molecule has 0 fully saturated rings. The lowest BCUT2D eigenvalue weighted by Crippen LogP contribution is -2.29. The van der Waals surface area contributed by atoms with E-state index in [1.807, 2.05) is 54.3 Å². The number of aryl methyl sites for hydroxylation is 1. The van der Waals surface area contributed by atoms with Gasteiger partial charge in [0.15, 0.2) is 0 Å². The summed E-state index contributed by atoms with van der Waals surface area (Å²) in [5.41, 5.74) is 4.47. The molecule has 0 spiro atoms. The molecule has 4 heteroatoms. The summed E-state index contributed by atoms with van der Waals surface area (Å²) >= 11 is 0. The van der Waals surface area contributed by atoms with Gasteiger partial charge in [-0.05, 0) is 43.2 Å². The Balaban J connectivity index is 1.76. The van der Waals surface area contributed by atoms with Crippen molar-refractivity contribution in [3.05, 3.63) is 65.4 Å². The fourth-order valence-corrected chi connectivity index (χ4v) is 3.28. The van der Waals surface area contributed by atoms with E-state index in [4.69, 9.17) is 4.74 Å². The van der Waals surface area contributed by atoms with Gasteiger partial charge in [0.1, 0.15) is 5.75 Å². The number of amides is 1. The smallest absolute Gasteiger partial charge is 0.260 e. The predicted octanol–water partition coefficient (Wildman–Crippen LogP) is 3.75. The number of para-hydroxylation sites is 1. The van der Waals surface area contributed by atoms with Gasteiger partial charge in [-0.2, -0.15) is 0 Å². The van der Waals surface area contributed by atoms with Gasteiger partial charge in [0.05, 0.1) is 23.9 Å². The first-order valence-electron chi connectivity index (χ1n) is 8.02. The van der Waals surface area contributed by atoms with E-state index in [-0.39, 0.29) is 5.91 Å². The summed E-state index contributed by atoms with van der Waals surface area (Å²) in [5, 5.41) is 0.942. The van der Waals surface area contributed by atoms with Crippen LogP contribution in [-0.2, 0) is 6.42 Å². The highest BCUT2D eigenvalue weighted by Gasteiger charge is 2.26. The van der Waals surface area contributed by atoms with Crippen molar-refractivity contribution in [3.63, 3.8) is 0 Å². The van der Waals surface area contributed by atoms with Crippen LogP contribution in [0.5, 0.6) is 5.75 Å². The zero-order chi connectivity index (χ0) is 16.7. The molecule has 120 valence electrons. The number of rotatable bonds is 2. The third-order valence-electron chi connectivity index (χ3n) is 4.58. The minimum Gasteiger partial charge on any atom is -0.497 e. The summed E-state index contributed by atoms with van der Waals surface area (Å²) in [6.07, 6.45) is 0.902. The highest BCUT2D eigenvalue weighted by Crippen LogP contribution is 2.30. The summed E-state index contributed by atoms with van der Waals surface area (Å²) in [4.78, 5) is 19.5. The maximum atomic E-state index is 13.1. The topological polar surface area (TPSA) is 42.4 Å². The van der Waals surface area contributed by atoms with Crippen LogP contribution in [0.15, 0.2) is 48.5 Å². The maximum absolute atomic E-state index is 13.1. The summed E-state index contributed by atoms with van der Waals surface area (Å²) in [6.45, 7) is 2.60. The molecule has 1 aliphatic rings. The zero-order valence-corrected chi connectivity index (χ0v) is 13.7. The van der Waals surface area contributed by atoms with Gasteiger partial charge in [-0.1, -0.05) is 18.2 Å². The Morgan fingerprint density at radius 3 is 2.83 bits per heavy atom. The second kappa shape index (κ2) is 5.64.